The van der Waals surface area contributed by atoms with Crippen LogP contribution < -0.4 is 19.9 Å². The summed E-state index contributed by atoms with van der Waals surface area (Å²) in [6.45, 7) is 5.49. The molecule has 0 saturated carbocycles. The zero-order valence-corrected chi connectivity index (χ0v) is 22.8. The monoisotopic (exact) mass is 541 g/mol. The van der Waals surface area contributed by atoms with E-state index in [-0.39, 0.29) is 24.0 Å². The molecule has 0 aliphatic carbocycles. The standard InChI is InChI=1S/C29H31N7O4/c1-17-5-4-10-40-28-22(15-30-34(28)3)24-12-19(11-18(2)31-24)27(39)33-29-32-23-7-6-20(13-25(23)36(29)16-17)35-9-8-21(37)14-26(35)38/h6-7,11-13,15,17H,4-5,8-10,14,16H2,1-3H3,(H,32,33,39)/t17-/m1/s1. The summed E-state index contributed by atoms with van der Waals surface area (Å²) >= 11 is 0. The van der Waals surface area contributed by atoms with Crippen molar-refractivity contribution in [3.8, 4) is 17.1 Å². The fraction of sp³-hybridized carbons (Fsp3) is 0.379. The van der Waals surface area contributed by atoms with E-state index in [0.717, 1.165) is 35.5 Å². The van der Waals surface area contributed by atoms with Gasteiger partial charge < -0.3 is 19.9 Å². The minimum absolute atomic E-state index is 0.0331. The number of nitrogens with one attached hydrogen (secondary N) is 1. The number of aliphatic imine (C=N–C) groups is 1. The second-order valence-electron chi connectivity index (χ2n) is 10.7. The van der Waals surface area contributed by atoms with Gasteiger partial charge in [0.25, 0.3) is 5.91 Å². The molecule has 2 amide bonds. The van der Waals surface area contributed by atoms with Crippen LogP contribution in [0.5, 0.6) is 5.88 Å². The van der Waals surface area contributed by atoms with Gasteiger partial charge in [0.1, 0.15) is 5.78 Å². The lowest BCUT2D eigenvalue weighted by Crippen LogP contribution is -2.39. The van der Waals surface area contributed by atoms with Gasteiger partial charge in [0, 0.05) is 43.5 Å². The number of pyridine rings is 1. The minimum Gasteiger partial charge on any atom is -0.477 e. The molecule has 1 atom stereocenters. The van der Waals surface area contributed by atoms with Gasteiger partial charge in [0.15, 0.2) is 0 Å². The van der Waals surface area contributed by atoms with E-state index in [2.05, 4.69) is 27.3 Å². The number of benzene rings is 1. The lowest BCUT2D eigenvalue weighted by Gasteiger charge is -2.28. The first-order valence-corrected chi connectivity index (χ1v) is 13.5. The molecule has 2 aromatic heterocycles. The van der Waals surface area contributed by atoms with Crippen molar-refractivity contribution in [3.63, 3.8) is 0 Å². The van der Waals surface area contributed by atoms with Gasteiger partial charge in [-0.25, -0.2) is 4.68 Å². The first-order chi connectivity index (χ1) is 19.3. The number of ether oxygens (including phenoxy) is 1. The Hall–Kier alpha value is -4.54. The number of rotatable bonds is 1. The highest BCUT2D eigenvalue weighted by Gasteiger charge is 2.31. The van der Waals surface area contributed by atoms with E-state index in [9.17, 15) is 14.4 Å². The molecule has 11 nitrogen and oxygen atoms in total. The van der Waals surface area contributed by atoms with Crippen molar-refractivity contribution in [1.82, 2.24) is 14.8 Å². The Labute approximate surface area is 231 Å². The Morgan fingerprint density at radius 2 is 1.95 bits per heavy atom. The van der Waals surface area contributed by atoms with Crippen LogP contribution >= 0.6 is 0 Å². The second kappa shape index (κ2) is 10.2. The number of hydrogen-bond acceptors (Lipinski definition) is 8. The second-order valence-corrected chi connectivity index (χ2v) is 10.7. The zero-order chi connectivity index (χ0) is 28.0. The van der Waals surface area contributed by atoms with Crippen LogP contribution in [0.1, 0.15) is 48.7 Å². The molecule has 1 saturated heterocycles. The lowest BCUT2D eigenvalue weighted by atomic mass is 10.0. The summed E-state index contributed by atoms with van der Waals surface area (Å²) < 4.78 is 7.83. The van der Waals surface area contributed by atoms with Crippen LogP contribution in [-0.2, 0) is 16.6 Å². The number of hydrogen-bond donors (Lipinski definition) is 1. The maximum Gasteiger partial charge on any atom is 0.280 e. The van der Waals surface area contributed by atoms with Gasteiger partial charge >= 0.3 is 0 Å². The van der Waals surface area contributed by atoms with Crippen LogP contribution in [-0.4, -0.2) is 58.0 Å². The molecule has 3 aliphatic heterocycles. The van der Waals surface area contributed by atoms with Crippen LogP contribution in [0, 0.1) is 12.8 Å². The van der Waals surface area contributed by atoms with Crippen molar-refractivity contribution < 1.29 is 19.1 Å². The summed E-state index contributed by atoms with van der Waals surface area (Å²) in [5.41, 5.74) is 4.79. The maximum atomic E-state index is 13.5. The molecule has 206 valence electrons. The Bertz CT molecular complexity index is 1560. The van der Waals surface area contributed by atoms with Gasteiger partial charge in [-0.1, -0.05) is 6.92 Å². The van der Waals surface area contributed by atoms with Crippen LogP contribution in [0.2, 0.25) is 0 Å². The van der Waals surface area contributed by atoms with Crippen molar-refractivity contribution in [2.45, 2.75) is 39.5 Å². The predicted octanol–water partition coefficient (Wildman–Crippen LogP) is 3.72. The first-order valence-electron chi connectivity index (χ1n) is 13.5. The predicted molar refractivity (Wildman–Crippen MR) is 151 cm³/mol. The number of carbonyl (C=O) groups is 3. The molecular formula is C29H31N7O4. The van der Waals surface area contributed by atoms with E-state index in [1.807, 2.05) is 37.1 Å². The number of guanidine groups is 1. The molecule has 2 bridgehead atoms. The van der Waals surface area contributed by atoms with E-state index in [1.54, 1.807) is 27.9 Å². The van der Waals surface area contributed by atoms with Gasteiger partial charge in [-0.05, 0) is 56.0 Å². The van der Waals surface area contributed by atoms with Crippen molar-refractivity contribution in [1.29, 1.82) is 0 Å². The quantitative estimate of drug-likeness (QED) is 0.463. The number of amides is 2. The Morgan fingerprint density at radius 3 is 2.77 bits per heavy atom. The third kappa shape index (κ3) is 4.83. The number of aryl methyl sites for hydroxylation is 2. The third-order valence-electron chi connectivity index (χ3n) is 7.49. The Balaban J connectivity index is 1.39. The highest BCUT2D eigenvalue weighted by molar-refractivity contribution is 6.20. The SMILES string of the molecule is Cc1cc2cc(n1)-c1cnn(C)c1OCCC[C@@H](C)CN1/C(=N/C2=O)Nc2ccc(N3CCC(=O)CC3=O)cc21. The van der Waals surface area contributed by atoms with E-state index in [0.29, 0.717) is 54.9 Å². The minimum atomic E-state index is -0.397. The highest BCUT2D eigenvalue weighted by Crippen LogP contribution is 2.38. The van der Waals surface area contributed by atoms with Gasteiger partial charge in [-0.3, -0.25) is 19.4 Å². The molecule has 0 radical (unpaired) electrons. The molecule has 0 spiro atoms. The average molecular weight is 542 g/mol. The normalized spacial score (nSPS) is 20.8. The number of nitrogens with zero attached hydrogens (tertiary/aromatic N) is 6. The lowest BCUT2D eigenvalue weighted by molar-refractivity contribution is -0.128. The Morgan fingerprint density at radius 1 is 1.10 bits per heavy atom. The topological polar surface area (TPSA) is 122 Å². The van der Waals surface area contributed by atoms with E-state index in [4.69, 9.17) is 4.74 Å². The summed E-state index contributed by atoms with van der Waals surface area (Å²) in [7, 11) is 1.82. The van der Waals surface area contributed by atoms with Crippen molar-refractivity contribution in [3.05, 3.63) is 47.8 Å². The Kier molecular flexibility index (Phi) is 6.57. The molecule has 1 N–H and O–H groups in total. The first kappa shape index (κ1) is 25.7. The van der Waals surface area contributed by atoms with Crippen LogP contribution in [0.25, 0.3) is 11.3 Å². The fourth-order valence-electron chi connectivity index (χ4n) is 5.45. The average Bonchev–Trinajstić information content (AvgIpc) is 3.45. The van der Waals surface area contributed by atoms with E-state index < -0.39 is 5.91 Å². The van der Waals surface area contributed by atoms with Crippen LogP contribution in [0.3, 0.4) is 0 Å². The van der Waals surface area contributed by atoms with E-state index in [1.165, 1.54) is 0 Å². The number of fused-ring (bicyclic) bond motifs is 7. The molecule has 0 unspecified atom stereocenters. The fourth-order valence-corrected chi connectivity index (χ4v) is 5.45. The summed E-state index contributed by atoms with van der Waals surface area (Å²) in [6, 6.07) is 9.13. The summed E-state index contributed by atoms with van der Waals surface area (Å²) in [5, 5.41) is 7.67. The van der Waals surface area contributed by atoms with Crippen molar-refractivity contribution >= 4 is 40.6 Å². The molecule has 6 rings (SSSR count). The van der Waals surface area contributed by atoms with E-state index >= 15 is 0 Å². The van der Waals surface area contributed by atoms with Gasteiger partial charge in [0.05, 0.1) is 41.9 Å². The van der Waals surface area contributed by atoms with Crippen molar-refractivity contribution in [2.24, 2.45) is 18.0 Å². The zero-order valence-electron chi connectivity index (χ0n) is 22.8. The number of ketones is 1. The smallest absolute Gasteiger partial charge is 0.280 e. The van der Waals surface area contributed by atoms with Crippen LogP contribution in [0.4, 0.5) is 17.1 Å². The summed E-state index contributed by atoms with van der Waals surface area (Å²) in [4.78, 5) is 50.7. The van der Waals surface area contributed by atoms with Gasteiger partial charge in [-0.2, -0.15) is 10.1 Å². The molecule has 3 aromatic rings. The molecule has 1 fully saturated rings. The number of carbonyl (C=O) groups excluding carboxylic acids is 3. The molecule has 40 heavy (non-hydrogen) atoms. The third-order valence-corrected chi connectivity index (χ3v) is 7.49. The molecule has 3 aliphatic rings. The number of anilines is 3. The number of piperidine rings is 1. The molecule has 5 heterocycles. The summed E-state index contributed by atoms with van der Waals surface area (Å²) in [5.74, 6) is 0.670. The van der Waals surface area contributed by atoms with Gasteiger partial charge in [-0.15, -0.1) is 0 Å². The highest BCUT2D eigenvalue weighted by atomic mass is 16.5. The maximum absolute atomic E-state index is 13.5. The molecular weight excluding hydrogens is 510 g/mol. The number of Topliss-reactive ketones (excluding diaryl/α,β-unsaturated/α-hetero) is 1. The van der Waals surface area contributed by atoms with Gasteiger partial charge in [0.2, 0.25) is 17.7 Å². The molecule has 11 heteroatoms. The largest absolute Gasteiger partial charge is 0.477 e. The summed E-state index contributed by atoms with van der Waals surface area (Å²) in [6.07, 6.45) is 3.69. The number of aromatic nitrogens is 3. The van der Waals surface area contributed by atoms with Crippen LogP contribution in [0.15, 0.2) is 41.5 Å². The van der Waals surface area contributed by atoms with Crippen molar-refractivity contribution in [2.75, 3.05) is 34.8 Å². The molecule has 1 aromatic carbocycles.